The minimum Gasteiger partial charge on any atom is -0.330 e. The lowest BCUT2D eigenvalue weighted by Crippen LogP contribution is -2.24. The van der Waals surface area contributed by atoms with Gasteiger partial charge < -0.3 is 10.3 Å². The Morgan fingerprint density at radius 2 is 1.15 bits per heavy atom. The number of benzene rings is 2. The van der Waals surface area contributed by atoms with Crippen LogP contribution in [0.1, 0.15) is 94.6 Å². The number of ketones is 1. The highest BCUT2D eigenvalue weighted by molar-refractivity contribution is 6.26. The molecule has 0 fully saturated rings. The van der Waals surface area contributed by atoms with E-state index in [1.165, 1.54) is 0 Å². The van der Waals surface area contributed by atoms with Crippen LogP contribution in [0.3, 0.4) is 0 Å². The van der Waals surface area contributed by atoms with Gasteiger partial charge in [0.15, 0.2) is 5.78 Å². The van der Waals surface area contributed by atoms with Crippen LogP contribution in [0.2, 0.25) is 0 Å². The van der Waals surface area contributed by atoms with Crippen molar-refractivity contribution < 1.29 is 4.79 Å². The second-order valence-corrected chi connectivity index (χ2v) is 5.74. The SMILES string of the molecule is C.C.C.C.C.C.CC.CC.NCCCn1c2c(c3ccccc3c1=O)C(=O)c1ccccc1-2. The fourth-order valence-electron chi connectivity index (χ4n) is 3.39. The summed E-state index contributed by atoms with van der Waals surface area (Å²) in [7, 11) is 0. The Morgan fingerprint density at radius 1 is 0.697 bits per heavy atom. The minimum atomic E-state index is -0.0581. The van der Waals surface area contributed by atoms with Crippen molar-refractivity contribution in [3.05, 3.63) is 70.0 Å². The van der Waals surface area contributed by atoms with E-state index < -0.39 is 0 Å². The Morgan fingerprint density at radius 3 is 1.67 bits per heavy atom. The van der Waals surface area contributed by atoms with Crippen LogP contribution in [0, 0.1) is 0 Å². The number of hydrogen-bond donors (Lipinski definition) is 1. The van der Waals surface area contributed by atoms with Gasteiger partial charge in [0.1, 0.15) is 0 Å². The van der Waals surface area contributed by atoms with Crippen LogP contribution in [0.5, 0.6) is 0 Å². The van der Waals surface area contributed by atoms with E-state index in [4.69, 9.17) is 5.73 Å². The molecule has 1 aliphatic rings. The lowest BCUT2D eigenvalue weighted by Gasteiger charge is -2.14. The number of fused-ring (bicyclic) bond motifs is 5. The Bertz CT molecular complexity index is 1000. The van der Waals surface area contributed by atoms with Crippen LogP contribution in [-0.4, -0.2) is 16.9 Å². The fraction of sp³-hybridized carbons (Fsp3) is 0.448. The van der Waals surface area contributed by atoms with E-state index in [0.717, 1.165) is 16.6 Å². The van der Waals surface area contributed by atoms with Crippen molar-refractivity contribution >= 4 is 16.6 Å². The average molecular weight is 461 g/mol. The molecule has 4 nitrogen and oxygen atoms in total. The van der Waals surface area contributed by atoms with Crippen molar-refractivity contribution in [1.29, 1.82) is 0 Å². The number of aromatic nitrogens is 1. The number of carbonyl (C=O) groups is 1. The Labute approximate surface area is 204 Å². The zero-order chi connectivity index (χ0) is 20.0. The molecule has 0 spiro atoms. The van der Waals surface area contributed by atoms with Crippen LogP contribution in [0.4, 0.5) is 0 Å². The molecule has 4 rings (SSSR count). The van der Waals surface area contributed by atoms with Gasteiger partial charge in [0.2, 0.25) is 0 Å². The van der Waals surface area contributed by atoms with Gasteiger partial charge in [-0.15, -0.1) is 0 Å². The topological polar surface area (TPSA) is 65.1 Å². The van der Waals surface area contributed by atoms with Crippen molar-refractivity contribution in [3.8, 4) is 11.3 Å². The average Bonchev–Trinajstić information content (AvgIpc) is 3.04. The van der Waals surface area contributed by atoms with Crippen molar-refractivity contribution in [2.24, 2.45) is 5.73 Å². The first kappa shape index (κ1) is 40.6. The van der Waals surface area contributed by atoms with E-state index >= 15 is 0 Å². The van der Waals surface area contributed by atoms with Crippen molar-refractivity contribution in [2.75, 3.05) is 6.54 Å². The molecule has 190 valence electrons. The Kier molecular flexibility index (Phi) is 23.2. The van der Waals surface area contributed by atoms with Gasteiger partial charge in [0, 0.05) is 28.4 Å². The summed E-state index contributed by atoms with van der Waals surface area (Å²) in [6, 6.07) is 14.8. The number of hydrogen-bond acceptors (Lipinski definition) is 3. The molecular formula is C29H52N2O2. The van der Waals surface area contributed by atoms with Gasteiger partial charge in [-0.2, -0.15) is 0 Å². The molecule has 1 aromatic heterocycles. The van der Waals surface area contributed by atoms with E-state index in [2.05, 4.69) is 0 Å². The van der Waals surface area contributed by atoms with E-state index in [9.17, 15) is 9.59 Å². The third-order valence-electron chi connectivity index (χ3n) is 4.42. The third-order valence-corrected chi connectivity index (χ3v) is 4.42. The molecule has 33 heavy (non-hydrogen) atoms. The maximum Gasteiger partial charge on any atom is 0.258 e. The second kappa shape index (κ2) is 18.8. The molecule has 0 amide bonds. The van der Waals surface area contributed by atoms with Gasteiger partial charge in [-0.3, -0.25) is 9.59 Å². The summed E-state index contributed by atoms with van der Waals surface area (Å²) in [6.07, 6.45) is 0.695. The summed E-state index contributed by atoms with van der Waals surface area (Å²) < 4.78 is 1.72. The number of pyridine rings is 1. The van der Waals surface area contributed by atoms with Crippen LogP contribution < -0.4 is 11.3 Å². The maximum absolute atomic E-state index is 12.9. The zero-order valence-electron chi connectivity index (χ0n) is 16.6. The van der Waals surface area contributed by atoms with Crippen molar-refractivity contribution in [2.45, 2.75) is 85.2 Å². The van der Waals surface area contributed by atoms with Crippen molar-refractivity contribution in [1.82, 2.24) is 4.57 Å². The molecule has 3 aromatic rings. The molecule has 0 aliphatic heterocycles. The molecular weight excluding hydrogens is 408 g/mol. The second-order valence-electron chi connectivity index (χ2n) is 5.74. The van der Waals surface area contributed by atoms with Gasteiger partial charge in [-0.25, -0.2) is 0 Å². The van der Waals surface area contributed by atoms with E-state index in [-0.39, 0.29) is 55.9 Å². The minimum absolute atomic E-state index is 0. The van der Waals surface area contributed by atoms with Crippen LogP contribution in [0.25, 0.3) is 22.0 Å². The van der Waals surface area contributed by atoms with E-state index in [1.807, 2.05) is 70.2 Å². The quantitative estimate of drug-likeness (QED) is 0.333. The highest BCUT2D eigenvalue weighted by atomic mass is 16.1. The summed E-state index contributed by atoms with van der Waals surface area (Å²) in [5.74, 6) is -0.00621. The third kappa shape index (κ3) is 7.13. The molecule has 0 atom stereocenters. The monoisotopic (exact) mass is 460 g/mol. The predicted octanol–water partition coefficient (Wildman–Crippen LogP) is 8.43. The highest BCUT2D eigenvalue weighted by Gasteiger charge is 2.31. The number of nitrogens with two attached hydrogens (primary N) is 1. The van der Waals surface area contributed by atoms with E-state index in [0.29, 0.717) is 36.0 Å². The molecule has 0 saturated carbocycles. The van der Waals surface area contributed by atoms with Crippen molar-refractivity contribution in [3.63, 3.8) is 0 Å². The molecule has 4 heteroatoms. The lowest BCUT2D eigenvalue weighted by atomic mass is 10.0. The molecule has 0 saturated heterocycles. The lowest BCUT2D eigenvalue weighted by molar-refractivity contribution is 0.104. The Balaban J connectivity index is -0.000000249. The molecule has 2 aromatic carbocycles. The van der Waals surface area contributed by atoms with Gasteiger partial charge in [-0.05, 0) is 19.0 Å². The molecule has 1 heterocycles. The normalized spacial score (nSPS) is 9.06. The molecule has 2 N–H and O–H groups in total. The maximum atomic E-state index is 12.9. The largest absolute Gasteiger partial charge is 0.330 e. The van der Waals surface area contributed by atoms with Gasteiger partial charge >= 0.3 is 0 Å². The number of carbonyl (C=O) groups excluding carboxylic acids is 1. The summed E-state index contributed by atoms with van der Waals surface area (Å²) >= 11 is 0. The van der Waals surface area contributed by atoms with Gasteiger partial charge in [-0.1, -0.05) is 115 Å². The molecule has 0 bridgehead atoms. The van der Waals surface area contributed by atoms with Crippen LogP contribution >= 0.6 is 0 Å². The number of rotatable bonds is 3. The first-order valence-corrected chi connectivity index (χ1v) is 9.73. The fourth-order valence-corrected chi connectivity index (χ4v) is 3.39. The molecule has 1 aliphatic carbocycles. The molecule has 0 radical (unpaired) electrons. The standard InChI is InChI=1S/C19H16N2O2.2C2H6.6CH4/c20-10-5-11-21-17-13-7-2-3-8-14(13)18(22)16(17)12-6-1-4-9-15(12)19(21)23;2*1-2;;;;;;/h1-4,6-9H,5,10-11,20H2;2*1-2H3;6*1H4. The van der Waals surface area contributed by atoms with Crippen LogP contribution in [0.15, 0.2) is 53.3 Å². The molecule has 0 unspecified atom stereocenters. The first-order valence-electron chi connectivity index (χ1n) is 9.73. The summed E-state index contributed by atoms with van der Waals surface area (Å²) in [5, 5.41) is 1.32. The summed E-state index contributed by atoms with van der Waals surface area (Å²) in [6.45, 7) is 9.02. The van der Waals surface area contributed by atoms with Gasteiger partial charge in [0.25, 0.3) is 5.56 Å². The predicted molar refractivity (Wildman–Crippen MR) is 154 cm³/mol. The zero-order valence-corrected chi connectivity index (χ0v) is 16.6. The Hall–Kier alpha value is -2.72. The summed E-state index contributed by atoms with van der Waals surface area (Å²) in [4.78, 5) is 25.8. The first-order chi connectivity index (χ1) is 13.2. The van der Waals surface area contributed by atoms with Crippen LogP contribution in [-0.2, 0) is 6.54 Å². The van der Waals surface area contributed by atoms with E-state index in [1.54, 1.807) is 10.6 Å². The number of nitrogens with zero attached hydrogens (tertiary/aromatic N) is 1. The summed E-state index contributed by atoms with van der Waals surface area (Å²) in [5.41, 5.74) is 8.45. The van der Waals surface area contributed by atoms with Gasteiger partial charge in [0.05, 0.1) is 11.3 Å². The highest BCUT2D eigenvalue weighted by Crippen LogP contribution is 2.39. The smallest absolute Gasteiger partial charge is 0.258 e.